The van der Waals surface area contributed by atoms with E-state index in [1.54, 1.807) is 13.8 Å². The van der Waals surface area contributed by atoms with E-state index in [4.69, 9.17) is 4.74 Å². The van der Waals surface area contributed by atoms with Gasteiger partial charge in [0.25, 0.3) is 0 Å². The first-order valence-corrected chi connectivity index (χ1v) is 8.18. The first-order valence-electron chi connectivity index (χ1n) is 8.18. The SMILES string of the molecule is CCOc1ccc(CCCN2CCCC2)cc1C(C)(C)F. The van der Waals surface area contributed by atoms with E-state index in [2.05, 4.69) is 11.0 Å². The lowest BCUT2D eigenvalue weighted by atomic mass is 9.95. The maximum absolute atomic E-state index is 14.4. The monoisotopic (exact) mass is 293 g/mol. The van der Waals surface area contributed by atoms with Gasteiger partial charge in [0.15, 0.2) is 0 Å². The van der Waals surface area contributed by atoms with Crippen molar-refractivity contribution in [2.45, 2.75) is 52.1 Å². The second kappa shape index (κ2) is 7.26. The topological polar surface area (TPSA) is 12.5 Å². The minimum atomic E-state index is -1.37. The molecule has 1 fully saturated rings. The number of halogens is 1. The zero-order valence-corrected chi connectivity index (χ0v) is 13.6. The van der Waals surface area contributed by atoms with Gasteiger partial charge in [0, 0.05) is 5.56 Å². The van der Waals surface area contributed by atoms with E-state index >= 15 is 0 Å². The first kappa shape index (κ1) is 16.3. The number of benzene rings is 1. The molecule has 0 atom stereocenters. The molecule has 1 aromatic rings. The molecular weight excluding hydrogens is 265 g/mol. The second-order valence-corrected chi connectivity index (χ2v) is 6.39. The number of hydrogen-bond donors (Lipinski definition) is 0. The third-order valence-corrected chi connectivity index (χ3v) is 4.12. The van der Waals surface area contributed by atoms with E-state index in [-0.39, 0.29) is 0 Å². The molecular formula is C18H28FNO. The predicted octanol–water partition coefficient (Wildman–Crippen LogP) is 4.32. The summed E-state index contributed by atoms with van der Waals surface area (Å²) in [5.41, 5.74) is 0.511. The van der Waals surface area contributed by atoms with Crippen molar-refractivity contribution in [1.82, 2.24) is 4.90 Å². The molecule has 0 unspecified atom stereocenters. The second-order valence-electron chi connectivity index (χ2n) is 6.39. The molecule has 0 aromatic heterocycles. The number of aryl methyl sites for hydroxylation is 1. The Labute approximate surface area is 128 Å². The van der Waals surface area contributed by atoms with Crippen LogP contribution in [0.15, 0.2) is 18.2 Å². The lowest BCUT2D eigenvalue weighted by Gasteiger charge is -2.20. The van der Waals surface area contributed by atoms with Crippen LogP contribution in [-0.2, 0) is 12.1 Å². The van der Waals surface area contributed by atoms with Crippen molar-refractivity contribution >= 4 is 0 Å². The average molecular weight is 293 g/mol. The molecule has 1 heterocycles. The van der Waals surface area contributed by atoms with Crippen molar-refractivity contribution in [2.75, 3.05) is 26.2 Å². The summed E-state index contributed by atoms with van der Waals surface area (Å²) in [6.07, 6.45) is 4.82. The van der Waals surface area contributed by atoms with Crippen LogP contribution in [0.3, 0.4) is 0 Å². The third-order valence-electron chi connectivity index (χ3n) is 4.12. The number of rotatable bonds is 7. The molecule has 1 aliphatic heterocycles. The molecule has 0 amide bonds. The highest BCUT2D eigenvalue weighted by atomic mass is 19.1. The number of alkyl halides is 1. The van der Waals surface area contributed by atoms with Crippen LogP contribution in [0, 0.1) is 0 Å². The molecule has 118 valence electrons. The molecule has 0 aliphatic carbocycles. The Morgan fingerprint density at radius 2 is 1.95 bits per heavy atom. The molecule has 3 heteroatoms. The molecule has 0 spiro atoms. The molecule has 1 aromatic carbocycles. The van der Waals surface area contributed by atoms with Gasteiger partial charge in [-0.05, 0) is 83.8 Å². The van der Waals surface area contributed by atoms with Gasteiger partial charge >= 0.3 is 0 Å². The van der Waals surface area contributed by atoms with E-state index in [1.165, 1.54) is 31.5 Å². The number of likely N-dealkylation sites (tertiary alicyclic amines) is 1. The maximum atomic E-state index is 14.4. The summed E-state index contributed by atoms with van der Waals surface area (Å²) in [5.74, 6) is 0.674. The summed E-state index contributed by atoms with van der Waals surface area (Å²) in [6.45, 7) is 9.33. The van der Waals surface area contributed by atoms with E-state index in [1.807, 2.05) is 19.1 Å². The van der Waals surface area contributed by atoms with Gasteiger partial charge in [-0.1, -0.05) is 6.07 Å². The van der Waals surface area contributed by atoms with Crippen molar-refractivity contribution in [3.63, 3.8) is 0 Å². The molecule has 0 bridgehead atoms. The van der Waals surface area contributed by atoms with Gasteiger partial charge in [0.2, 0.25) is 0 Å². The Kier molecular flexibility index (Phi) is 5.63. The molecule has 0 saturated carbocycles. The van der Waals surface area contributed by atoms with Crippen molar-refractivity contribution < 1.29 is 9.13 Å². The summed E-state index contributed by atoms with van der Waals surface area (Å²) in [4.78, 5) is 2.52. The Bertz CT molecular complexity index is 447. The fourth-order valence-corrected chi connectivity index (χ4v) is 2.99. The fourth-order valence-electron chi connectivity index (χ4n) is 2.99. The lowest BCUT2D eigenvalue weighted by molar-refractivity contribution is 0.209. The van der Waals surface area contributed by atoms with E-state index in [0.29, 0.717) is 17.9 Å². The van der Waals surface area contributed by atoms with E-state index in [9.17, 15) is 4.39 Å². The van der Waals surface area contributed by atoms with Crippen molar-refractivity contribution in [3.05, 3.63) is 29.3 Å². The average Bonchev–Trinajstić information content (AvgIpc) is 2.92. The van der Waals surface area contributed by atoms with Gasteiger partial charge in [0.05, 0.1) is 6.61 Å². The first-order chi connectivity index (χ1) is 10.0. The Balaban J connectivity index is 1.99. The van der Waals surface area contributed by atoms with E-state index < -0.39 is 5.67 Å². The van der Waals surface area contributed by atoms with Gasteiger partial charge in [0.1, 0.15) is 11.4 Å². The molecule has 0 N–H and O–H groups in total. The van der Waals surface area contributed by atoms with Gasteiger partial charge in [-0.25, -0.2) is 4.39 Å². The summed E-state index contributed by atoms with van der Waals surface area (Å²) in [5, 5.41) is 0. The van der Waals surface area contributed by atoms with E-state index in [0.717, 1.165) is 19.4 Å². The van der Waals surface area contributed by atoms with Gasteiger partial charge in [-0.3, -0.25) is 0 Å². The molecule has 1 aliphatic rings. The smallest absolute Gasteiger partial charge is 0.134 e. The Morgan fingerprint density at radius 3 is 2.57 bits per heavy atom. The van der Waals surface area contributed by atoms with Crippen LogP contribution in [0.25, 0.3) is 0 Å². The van der Waals surface area contributed by atoms with Gasteiger partial charge in [-0.15, -0.1) is 0 Å². The summed E-state index contributed by atoms with van der Waals surface area (Å²) in [7, 11) is 0. The van der Waals surface area contributed by atoms with Crippen LogP contribution >= 0.6 is 0 Å². The minimum Gasteiger partial charge on any atom is -0.493 e. The van der Waals surface area contributed by atoms with Gasteiger partial charge < -0.3 is 9.64 Å². The number of hydrogen-bond acceptors (Lipinski definition) is 2. The highest BCUT2D eigenvalue weighted by molar-refractivity contribution is 5.40. The van der Waals surface area contributed by atoms with Crippen molar-refractivity contribution in [3.8, 4) is 5.75 Å². The van der Waals surface area contributed by atoms with Crippen LogP contribution in [-0.4, -0.2) is 31.1 Å². The molecule has 2 nitrogen and oxygen atoms in total. The molecule has 0 radical (unpaired) electrons. The Hall–Kier alpha value is -1.09. The molecule has 21 heavy (non-hydrogen) atoms. The van der Waals surface area contributed by atoms with Crippen LogP contribution in [0.5, 0.6) is 5.75 Å². The maximum Gasteiger partial charge on any atom is 0.134 e. The minimum absolute atomic E-state index is 0.567. The number of nitrogens with zero attached hydrogens (tertiary/aromatic N) is 1. The highest BCUT2D eigenvalue weighted by Crippen LogP contribution is 2.34. The van der Waals surface area contributed by atoms with Gasteiger partial charge in [-0.2, -0.15) is 0 Å². The van der Waals surface area contributed by atoms with Crippen LogP contribution in [0.4, 0.5) is 4.39 Å². The zero-order valence-electron chi connectivity index (χ0n) is 13.6. The summed E-state index contributed by atoms with van der Waals surface area (Å²) < 4.78 is 19.9. The fraction of sp³-hybridized carbons (Fsp3) is 0.667. The largest absolute Gasteiger partial charge is 0.493 e. The summed E-state index contributed by atoms with van der Waals surface area (Å²) in [6, 6.07) is 5.98. The predicted molar refractivity (Wildman–Crippen MR) is 85.7 cm³/mol. The Morgan fingerprint density at radius 1 is 1.24 bits per heavy atom. The normalized spacial score (nSPS) is 16.4. The molecule has 2 rings (SSSR count). The van der Waals surface area contributed by atoms with Crippen LogP contribution < -0.4 is 4.74 Å². The van der Waals surface area contributed by atoms with Crippen LogP contribution in [0.2, 0.25) is 0 Å². The van der Waals surface area contributed by atoms with Crippen LogP contribution in [0.1, 0.15) is 51.2 Å². The third kappa shape index (κ3) is 4.70. The number of ether oxygens (including phenoxy) is 1. The molecule has 1 saturated heterocycles. The quantitative estimate of drug-likeness (QED) is 0.742. The summed E-state index contributed by atoms with van der Waals surface area (Å²) >= 11 is 0. The standard InChI is InChI=1S/C18H28FNO/c1-4-21-17-10-9-15(14-16(17)18(2,3)19)8-7-13-20-11-5-6-12-20/h9-10,14H,4-8,11-13H2,1-3H3. The zero-order chi connectivity index (χ0) is 15.3. The van der Waals surface area contributed by atoms with Crippen molar-refractivity contribution in [2.24, 2.45) is 0 Å². The highest BCUT2D eigenvalue weighted by Gasteiger charge is 2.24. The lowest BCUT2D eigenvalue weighted by Crippen LogP contribution is -2.20. The van der Waals surface area contributed by atoms with Crippen molar-refractivity contribution in [1.29, 1.82) is 0 Å².